The maximum Gasteiger partial charge on any atom is 0.305 e. The van der Waals surface area contributed by atoms with Crippen molar-refractivity contribution in [3.8, 4) is 0 Å². The van der Waals surface area contributed by atoms with Gasteiger partial charge in [-0.25, -0.2) is 0 Å². The highest BCUT2D eigenvalue weighted by molar-refractivity contribution is 7.99. The van der Waals surface area contributed by atoms with Crippen molar-refractivity contribution in [3.05, 3.63) is 21.3 Å². The molecule has 1 unspecified atom stereocenters. The molecule has 1 N–H and O–H groups in total. The zero-order chi connectivity index (χ0) is 15.2. The molecule has 1 fully saturated rings. The van der Waals surface area contributed by atoms with Crippen LogP contribution in [0.1, 0.15) is 11.3 Å². The summed E-state index contributed by atoms with van der Waals surface area (Å²) in [5, 5.41) is 8.88. The van der Waals surface area contributed by atoms with Crippen LogP contribution in [0.4, 0.5) is 0 Å². The average Bonchev–Trinajstić information content (AvgIpc) is 2.84. The van der Waals surface area contributed by atoms with Crippen LogP contribution in [-0.2, 0) is 20.1 Å². The van der Waals surface area contributed by atoms with E-state index < -0.39 is 5.97 Å². The van der Waals surface area contributed by atoms with Crippen LogP contribution in [0.15, 0.2) is 12.1 Å². The van der Waals surface area contributed by atoms with Gasteiger partial charge in [-0.15, -0.1) is 23.1 Å². The number of carbonyl (C=O) groups is 2. The Morgan fingerprint density at radius 2 is 2.33 bits per heavy atom. The smallest absolute Gasteiger partial charge is 0.305 e. The summed E-state index contributed by atoms with van der Waals surface area (Å²) < 4.78 is 6.01. The van der Waals surface area contributed by atoms with Crippen molar-refractivity contribution in [2.45, 2.75) is 18.2 Å². The number of halogens is 1. The number of thioether (sulfide) groups is 1. The lowest BCUT2D eigenvalue weighted by Crippen LogP contribution is -2.50. The molecule has 1 aliphatic rings. The van der Waals surface area contributed by atoms with Crippen molar-refractivity contribution in [1.82, 2.24) is 4.90 Å². The molecule has 0 bridgehead atoms. The standard InChI is InChI=1S/C13H16ClNO4S2/c14-11-2-1-10(21-11)7-20-8-12(16)15-3-4-19-6-9(15)5-13(17)18/h1-2,9H,3-8H2,(H,17,18). The largest absolute Gasteiger partial charge is 0.481 e. The number of amides is 1. The Bertz CT molecular complexity index is 508. The number of hydrogen-bond donors (Lipinski definition) is 1. The van der Waals surface area contributed by atoms with Crippen molar-refractivity contribution >= 4 is 46.6 Å². The van der Waals surface area contributed by atoms with Crippen molar-refractivity contribution in [2.75, 3.05) is 25.5 Å². The van der Waals surface area contributed by atoms with E-state index in [9.17, 15) is 9.59 Å². The van der Waals surface area contributed by atoms with Crippen LogP contribution in [0.2, 0.25) is 4.34 Å². The second-order valence-corrected chi connectivity index (χ2v) is 7.40. The van der Waals surface area contributed by atoms with E-state index in [0.717, 1.165) is 15.0 Å². The van der Waals surface area contributed by atoms with E-state index in [2.05, 4.69) is 0 Å². The summed E-state index contributed by atoms with van der Waals surface area (Å²) in [6, 6.07) is 3.43. The van der Waals surface area contributed by atoms with Crippen molar-refractivity contribution in [3.63, 3.8) is 0 Å². The summed E-state index contributed by atoms with van der Waals surface area (Å²) in [7, 11) is 0. The highest BCUT2D eigenvalue weighted by Crippen LogP contribution is 2.25. The van der Waals surface area contributed by atoms with Crippen LogP contribution < -0.4 is 0 Å². The van der Waals surface area contributed by atoms with E-state index >= 15 is 0 Å². The molecular weight excluding hydrogens is 334 g/mol. The third-order valence-electron chi connectivity index (χ3n) is 3.06. The average molecular weight is 350 g/mol. The van der Waals surface area contributed by atoms with E-state index in [-0.39, 0.29) is 18.4 Å². The summed E-state index contributed by atoms with van der Waals surface area (Å²) in [6.07, 6.45) is -0.0725. The lowest BCUT2D eigenvalue weighted by atomic mass is 10.1. The molecule has 1 aromatic rings. The third-order valence-corrected chi connectivity index (χ3v) is 5.44. The number of nitrogens with zero attached hydrogens (tertiary/aromatic N) is 1. The number of hydrogen-bond acceptors (Lipinski definition) is 5. The van der Waals surface area contributed by atoms with Gasteiger partial charge in [-0.05, 0) is 12.1 Å². The Kier molecular flexibility index (Phi) is 6.35. The van der Waals surface area contributed by atoms with Gasteiger partial charge in [-0.2, -0.15) is 0 Å². The molecular formula is C13H16ClNO4S2. The van der Waals surface area contributed by atoms with Crippen LogP contribution in [0, 0.1) is 0 Å². The fourth-order valence-electron chi connectivity index (χ4n) is 2.10. The van der Waals surface area contributed by atoms with Crippen molar-refractivity contribution in [1.29, 1.82) is 0 Å². The Hall–Kier alpha value is -0.760. The third kappa shape index (κ3) is 5.18. The monoisotopic (exact) mass is 349 g/mol. The molecule has 0 saturated carbocycles. The Labute approximate surface area is 136 Å². The minimum atomic E-state index is -0.913. The minimum absolute atomic E-state index is 0.0304. The first-order valence-electron chi connectivity index (χ1n) is 6.47. The van der Waals surface area contributed by atoms with Crippen LogP contribution >= 0.6 is 34.7 Å². The number of carboxylic acid groups (broad SMARTS) is 1. The van der Waals surface area contributed by atoms with Gasteiger partial charge in [-0.3, -0.25) is 9.59 Å². The zero-order valence-corrected chi connectivity index (χ0v) is 13.7. The predicted octanol–water partition coefficient (Wildman–Crippen LogP) is 2.34. The maximum absolute atomic E-state index is 12.2. The molecule has 21 heavy (non-hydrogen) atoms. The van der Waals surface area contributed by atoms with Crippen LogP contribution in [0.3, 0.4) is 0 Å². The molecule has 0 radical (unpaired) electrons. The molecule has 0 aliphatic carbocycles. The number of carbonyl (C=O) groups excluding carboxylic acids is 1. The molecule has 1 atom stereocenters. The summed E-state index contributed by atoms with van der Waals surface area (Å²) in [4.78, 5) is 25.8. The molecule has 1 aliphatic heterocycles. The van der Waals surface area contributed by atoms with Gasteiger partial charge in [0.05, 0.1) is 35.8 Å². The van der Waals surface area contributed by atoms with Gasteiger partial charge in [0.25, 0.3) is 0 Å². The summed E-state index contributed by atoms with van der Waals surface area (Å²) in [6.45, 7) is 1.22. The maximum atomic E-state index is 12.2. The first-order chi connectivity index (χ1) is 10.1. The van der Waals surface area contributed by atoms with Crippen LogP contribution in [-0.4, -0.2) is 53.4 Å². The lowest BCUT2D eigenvalue weighted by molar-refractivity contribution is -0.144. The molecule has 2 heterocycles. The highest BCUT2D eigenvalue weighted by atomic mass is 35.5. The van der Waals surface area contributed by atoms with E-state index in [0.29, 0.717) is 25.5 Å². The molecule has 5 nitrogen and oxygen atoms in total. The molecule has 0 aromatic carbocycles. The minimum Gasteiger partial charge on any atom is -0.481 e. The first kappa shape index (κ1) is 16.6. The Balaban J connectivity index is 1.81. The first-order valence-corrected chi connectivity index (χ1v) is 8.82. The van der Waals surface area contributed by atoms with Gasteiger partial charge in [0.15, 0.2) is 0 Å². The quantitative estimate of drug-likeness (QED) is 0.853. The normalized spacial score (nSPS) is 18.7. The van der Waals surface area contributed by atoms with Crippen molar-refractivity contribution in [2.24, 2.45) is 0 Å². The second-order valence-electron chi connectivity index (χ2n) is 4.61. The number of aliphatic carboxylic acids is 1. The zero-order valence-electron chi connectivity index (χ0n) is 11.3. The van der Waals surface area contributed by atoms with Gasteiger partial charge < -0.3 is 14.7 Å². The lowest BCUT2D eigenvalue weighted by Gasteiger charge is -2.34. The van der Waals surface area contributed by atoms with E-state index in [1.54, 1.807) is 4.90 Å². The van der Waals surface area contributed by atoms with Crippen LogP contribution in [0.5, 0.6) is 0 Å². The van der Waals surface area contributed by atoms with Gasteiger partial charge in [0, 0.05) is 17.2 Å². The number of thiophene rings is 1. The molecule has 2 rings (SSSR count). The fourth-order valence-corrected chi connectivity index (χ4v) is 4.21. The van der Waals surface area contributed by atoms with E-state index in [1.807, 2.05) is 12.1 Å². The van der Waals surface area contributed by atoms with E-state index in [1.165, 1.54) is 23.1 Å². The predicted molar refractivity (Wildman–Crippen MR) is 84.1 cm³/mol. The Morgan fingerprint density at radius 1 is 1.52 bits per heavy atom. The van der Waals surface area contributed by atoms with Gasteiger partial charge >= 0.3 is 5.97 Å². The highest BCUT2D eigenvalue weighted by Gasteiger charge is 2.28. The molecule has 8 heteroatoms. The SMILES string of the molecule is O=C(O)CC1COCCN1C(=O)CSCc1ccc(Cl)s1. The second kappa shape index (κ2) is 8.03. The van der Waals surface area contributed by atoms with E-state index in [4.69, 9.17) is 21.4 Å². The summed E-state index contributed by atoms with van der Waals surface area (Å²) in [5.74, 6) is 0.129. The number of ether oxygens (including phenoxy) is 1. The molecule has 1 aromatic heterocycles. The number of morpholine rings is 1. The fraction of sp³-hybridized carbons (Fsp3) is 0.538. The van der Waals surface area contributed by atoms with Gasteiger partial charge in [-0.1, -0.05) is 11.6 Å². The van der Waals surface area contributed by atoms with Gasteiger partial charge in [0.1, 0.15) is 0 Å². The summed E-state index contributed by atoms with van der Waals surface area (Å²) in [5.41, 5.74) is 0. The summed E-state index contributed by atoms with van der Waals surface area (Å²) >= 11 is 8.88. The van der Waals surface area contributed by atoms with Crippen LogP contribution in [0.25, 0.3) is 0 Å². The molecule has 0 spiro atoms. The van der Waals surface area contributed by atoms with Crippen molar-refractivity contribution < 1.29 is 19.4 Å². The topological polar surface area (TPSA) is 66.8 Å². The van der Waals surface area contributed by atoms with Gasteiger partial charge in [0.2, 0.25) is 5.91 Å². The number of rotatable bonds is 6. The number of carboxylic acids is 1. The molecule has 1 amide bonds. The molecule has 116 valence electrons. The molecule has 1 saturated heterocycles. The Morgan fingerprint density at radius 3 is 3.00 bits per heavy atom.